The van der Waals surface area contributed by atoms with Gasteiger partial charge in [0.05, 0.1) is 0 Å². The van der Waals surface area contributed by atoms with E-state index in [9.17, 15) is 0 Å². The lowest BCUT2D eigenvalue weighted by Gasteiger charge is -2.45. The second-order valence-electron chi connectivity index (χ2n) is 5.82. The molecular weight excluding hydrogens is 238 g/mol. The van der Waals surface area contributed by atoms with Gasteiger partial charge in [-0.15, -0.1) is 0 Å². The maximum Gasteiger partial charge on any atom is 0.224 e. The number of aromatic nitrogens is 2. The molecule has 0 radical (unpaired) electrons. The number of likely N-dealkylation sites (N-methyl/N-ethyl adjacent to an activating group) is 1. The van der Waals surface area contributed by atoms with E-state index in [0.717, 1.165) is 44.4 Å². The summed E-state index contributed by atoms with van der Waals surface area (Å²) in [6.45, 7) is 10.7. The Labute approximate surface area is 116 Å². The molecule has 1 N–H and O–H groups in total. The molecule has 0 saturated carbocycles. The van der Waals surface area contributed by atoms with Crippen LogP contribution in [0.2, 0.25) is 0 Å². The maximum absolute atomic E-state index is 4.61. The third-order valence-electron chi connectivity index (χ3n) is 3.81. The van der Waals surface area contributed by atoms with Crippen molar-refractivity contribution < 1.29 is 0 Å². The Morgan fingerprint density at radius 3 is 2.84 bits per heavy atom. The first-order chi connectivity index (χ1) is 9.03. The van der Waals surface area contributed by atoms with Gasteiger partial charge in [-0.25, -0.2) is 4.98 Å². The summed E-state index contributed by atoms with van der Waals surface area (Å²) in [5.41, 5.74) is 0.181. The third-order valence-corrected chi connectivity index (χ3v) is 3.81. The minimum absolute atomic E-state index is 0.181. The minimum atomic E-state index is 0.181. The molecule has 1 fully saturated rings. The van der Waals surface area contributed by atoms with E-state index in [4.69, 9.17) is 0 Å². The highest BCUT2D eigenvalue weighted by atomic mass is 15.3. The third kappa shape index (κ3) is 3.35. The molecule has 0 aliphatic carbocycles. The molecule has 2 rings (SSSR count). The van der Waals surface area contributed by atoms with Gasteiger partial charge < -0.3 is 10.2 Å². The zero-order valence-electron chi connectivity index (χ0n) is 12.5. The molecule has 106 valence electrons. The van der Waals surface area contributed by atoms with Gasteiger partial charge in [0.15, 0.2) is 0 Å². The van der Waals surface area contributed by atoms with Crippen LogP contribution in [0.15, 0.2) is 12.3 Å². The molecule has 5 heteroatoms. The number of hydrogen-bond acceptors (Lipinski definition) is 5. The first-order valence-corrected chi connectivity index (χ1v) is 7.06. The molecule has 0 bridgehead atoms. The molecule has 19 heavy (non-hydrogen) atoms. The fourth-order valence-electron chi connectivity index (χ4n) is 2.28. The summed E-state index contributed by atoms with van der Waals surface area (Å²) in [4.78, 5) is 13.6. The summed E-state index contributed by atoms with van der Waals surface area (Å²) in [5.74, 6) is 1.76. The average molecular weight is 263 g/mol. The second kappa shape index (κ2) is 5.74. The summed E-state index contributed by atoms with van der Waals surface area (Å²) < 4.78 is 0. The van der Waals surface area contributed by atoms with Gasteiger partial charge in [0.25, 0.3) is 0 Å². The number of piperazine rings is 1. The van der Waals surface area contributed by atoms with Gasteiger partial charge in [-0.05, 0) is 33.4 Å². The van der Waals surface area contributed by atoms with E-state index < -0.39 is 0 Å². The normalized spacial score (nSPS) is 19.5. The summed E-state index contributed by atoms with van der Waals surface area (Å²) in [6.07, 6.45) is 2.92. The molecule has 1 aromatic rings. The molecule has 1 saturated heterocycles. The van der Waals surface area contributed by atoms with Gasteiger partial charge in [-0.2, -0.15) is 4.98 Å². The number of nitrogens with zero attached hydrogens (tertiary/aromatic N) is 4. The van der Waals surface area contributed by atoms with Crippen LogP contribution in [-0.4, -0.2) is 53.6 Å². The smallest absolute Gasteiger partial charge is 0.224 e. The van der Waals surface area contributed by atoms with E-state index in [1.165, 1.54) is 0 Å². The minimum Gasteiger partial charge on any atom is -0.354 e. The largest absolute Gasteiger partial charge is 0.354 e. The van der Waals surface area contributed by atoms with Crippen molar-refractivity contribution >= 4 is 11.8 Å². The van der Waals surface area contributed by atoms with Crippen molar-refractivity contribution in [3.05, 3.63) is 12.3 Å². The molecule has 0 unspecified atom stereocenters. The zero-order valence-corrected chi connectivity index (χ0v) is 12.5. The number of anilines is 2. The van der Waals surface area contributed by atoms with Gasteiger partial charge in [-0.1, -0.05) is 6.92 Å². The summed E-state index contributed by atoms with van der Waals surface area (Å²) >= 11 is 0. The van der Waals surface area contributed by atoms with Crippen LogP contribution in [0.25, 0.3) is 0 Å². The van der Waals surface area contributed by atoms with Crippen molar-refractivity contribution in [1.82, 2.24) is 14.9 Å². The highest BCUT2D eigenvalue weighted by Crippen LogP contribution is 2.23. The quantitative estimate of drug-likeness (QED) is 0.898. The van der Waals surface area contributed by atoms with Crippen LogP contribution in [0.5, 0.6) is 0 Å². The molecule has 0 spiro atoms. The van der Waals surface area contributed by atoms with Crippen molar-refractivity contribution in [2.24, 2.45) is 0 Å². The number of hydrogen-bond donors (Lipinski definition) is 1. The van der Waals surface area contributed by atoms with Crippen LogP contribution in [0, 0.1) is 0 Å². The van der Waals surface area contributed by atoms with E-state index in [2.05, 4.69) is 52.9 Å². The lowest BCUT2D eigenvalue weighted by atomic mass is 10.00. The Bertz CT molecular complexity index is 418. The topological polar surface area (TPSA) is 44.3 Å². The van der Waals surface area contributed by atoms with Crippen molar-refractivity contribution in [1.29, 1.82) is 0 Å². The Hall–Kier alpha value is -1.36. The zero-order chi connectivity index (χ0) is 13.9. The van der Waals surface area contributed by atoms with Crippen LogP contribution < -0.4 is 10.2 Å². The lowest BCUT2D eigenvalue weighted by molar-refractivity contribution is 0.138. The highest BCUT2D eigenvalue weighted by Gasteiger charge is 2.31. The van der Waals surface area contributed by atoms with E-state index in [-0.39, 0.29) is 5.54 Å². The van der Waals surface area contributed by atoms with Gasteiger partial charge in [0, 0.05) is 37.9 Å². The molecule has 2 heterocycles. The van der Waals surface area contributed by atoms with Crippen molar-refractivity contribution in [3.63, 3.8) is 0 Å². The van der Waals surface area contributed by atoms with E-state index in [1.54, 1.807) is 0 Å². The van der Waals surface area contributed by atoms with E-state index in [1.807, 2.05) is 12.3 Å². The lowest BCUT2D eigenvalue weighted by Crippen LogP contribution is -2.57. The fourth-order valence-corrected chi connectivity index (χ4v) is 2.28. The summed E-state index contributed by atoms with van der Waals surface area (Å²) in [7, 11) is 2.19. The van der Waals surface area contributed by atoms with Crippen molar-refractivity contribution in [2.45, 2.75) is 32.7 Å². The summed E-state index contributed by atoms with van der Waals surface area (Å²) in [5, 5.41) is 3.24. The maximum atomic E-state index is 4.61. The number of nitrogens with one attached hydrogen (secondary N) is 1. The molecule has 1 aliphatic rings. The van der Waals surface area contributed by atoms with Gasteiger partial charge >= 0.3 is 0 Å². The van der Waals surface area contributed by atoms with Crippen molar-refractivity contribution in [2.75, 3.05) is 43.4 Å². The van der Waals surface area contributed by atoms with Crippen LogP contribution in [0.4, 0.5) is 11.8 Å². The number of rotatable bonds is 4. The molecule has 0 atom stereocenters. The van der Waals surface area contributed by atoms with Crippen LogP contribution in [0.3, 0.4) is 0 Å². The van der Waals surface area contributed by atoms with E-state index >= 15 is 0 Å². The molecule has 1 aliphatic heterocycles. The van der Waals surface area contributed by atoms with Gasteiger partial charge in [0.1, 0.15) is 5.82 Å². The monoisotopic (exact) mass is 263 g/mol. The van der Waals surface area contributed by atoms with Crippen LogP contribution >= 0.6 is 0 Å². The predicted octanol–water partition coefficient (Wildman–Crippen LogP) is 1.83. The Morgan fingerprint density at radius 2 is 2.16 bits per heavy atom. The Balaban J connectivity index is 2.09. The van der Waals surface area contributed by atoms with Crippen molar-refractivity contribution in [3.8, 4) is 0 Å². The first kappa shape index (κ1) is 14.1. The van der Waals surface area contributed by atoms with Crippen LogP contribution in [0.1, 0.15) is 27.2 Å². The van der Waals surface area contributed by atoms with Gasteiger partial charge in [0.2, 0.25) is 5.95 Å². The highest BCUT2D eigenvalue weighted by molar-refractivity contribution is 5.43. The fraction of sp³-hybridized carbons (Fsp3) is 0.714. The average Bonchev–Trinajstić information content (AvgIpc) is 2.40. The molecule has 0 aromatic carbocycles. The SMILES string of the molecule is CCCNc1nccc(N2CCN(C)C(C)(C)C2)n1. The molecule has 5 nitrogen and oxygen atoms in total. The Kier molecular flexibility index (Phi) is 4.24. The standard InChI is InChI=1S/C14H25N5/c1-5-7-15-13-16-8-6-12(17-13)19-10-9-18(4)14(2,3)11-19/h6,8H,5,7,9-11H2,1-4H3,(H,15,16,17). The van der Waals surface area contributed by atoms with Gasteiger partial charge in [-0.3, -0.25) is 4.90 Å². The van der Waals surface area contributed by atoms with Crippen LogP contribution in [-0.2, 0) is 0 Å². The first-order valence-electron chi connectivity index (χ1n) is 7.06. The second-order valence-corrected chi connectivity index (χ2v) is 5.82. The van der Waals surface area contributed by atoms with E-state index in [0.29, 0.717) is 0 Å². The Morgan fingerprint density at radius 1 is 1.37 bits per heavy atom. The molecule has 0 amide bonds. The predicted molar refractivity (Wildman–Crippen MR) is 79.7 cm³/mol. The summed E-state index contributed by atoms with van der Waals surface area (Å²) in [6, 6.07) is 2.00. The molecular formula is C14H25N5. The molecule has 1 aromatic heterocycles.